The van der Waals surface area contributed by atoms with E-state index in [0.29, 0.717) is 13.2 Å². The van der Waals surface area contributed by atoms with E-state index in [1.54, 1.807) is 6.20 Å². The van der Waals surface area contributed by atoms with E-state index in [2.05, 4.69) is 11.1 Å². The van der Waals surface area contributed by atoms with Crippen molar-refractivity contribution < 1.29 is 9.84 Å². The summed E-state index contributed by atoms with van der Waals surface area (Å²) >= 11 is 0. The van der Waals surface area contributed by atoms with Gasteiger partial charge in [0.05, 0.1) is 19.3 Å². The average Bonchev–Trinajstić information content (AvgIpc) is 2.51. The molecule has 1 aromatic heterocycles. The normalized spacial score (nSPS) is 27.8. The third kappa shape index (κ3) is 1.71. The molecule has 1 saturated heterocycles. The molecule has 0 radical (unpaired) electrons. The summed E-state index contributed by atoms with van der Waals surface area (Å²) in [6.45, 7) is 3.05. The smallest absolute Gasteiger partial charge is 0.0864 e. The van der Waals surface area contributed by atoms with Gasteiger partial charge in [0.1, 0.15) is 0 Å². The van der Waals surface area contributed by atoms with Crippen molar-refractivity contribution in [3.63, 3.8) is 0 Å². The van der Waals surface area contributed by atoms with Crippen molar-refractivity contribution in [1.29, 1.82) is 0 Å². The summed E-state index contributed by atoms with van der Waals surface area (Å²) in [6, 6.07) is 2.05. The van der Waals surface area contributed by atoms with E-state index < -0.39 is 0 Å². The van der Waals surface area contributed by atoms with Crippen LogP contribution in [0, 0.1) is 6.92 Å². The van der Waals surface area contributed by atoms with E-state index in [4.69, 9.17) is 4.74 Å². The molecule has 0 spiro atoms. The summed E-state index contributed by atoms with van der Waals surface area (Å²) in [5.74, 6) is 0.104. The molecular weight excluding hydrogens is 166 g/mol. The Morgan fingerprint density at radius 3 is 2.92 bits per heavy atom. The molecule has 1 aliphatic rings. The van der Waals surface area contributed by atoms with Crippen molar-refractivity contribution in [3.05, 3.63) is 29.6 Å². The van der Waals surface area contributed by atoms with Gasteiger partial charge in [0.25, 0.3) is 0 Å². The van der Waals surface area contributed by atoms with Gasteiger partial charge in [-0.3, -0.25) is 4.98 Å². The fourth-order valence-corrected chi connectivity index (χ4v) is 1.64. The van der Waals surface area contributed by atoms with Gasteiger partial charge >= 0.3 is 0 Å². The second-order valence-electron chi connectivity index (χ2n) is 3.51. The van der Waals surface area contributed by atoms with Crippen LogP contribution in [0.25, 0.3) is 0 Å². The van der Waals surface area contributed by atoms with Gasteiger partial charge in [-0.15, -0.1) is 0 Å². The molecule has 0 saturated carbocycles. The minimum absolute atomic E-state index is 0.104. The monoisotopic (exact) mass is 179 g/mol. The zero-order valence-corrected chi connectivity index (χ0v) is 7.60. The van der Waals surface area contributed by atoms with Gasteiger partial charge in [0.2, 0.25) is 0 Å². The quantitative estimate of drug-likeness (QED) is 0.695. The molecule has 2 heterocycles. The molecule has 2 atom stereocenters. The molecule has 1 fully saturated rings. The number of pyridine rings is 1. The summed E-state index contributed by atoms with van der Waals surface area (Å²) in [7, 11) is 0. The predicted molar refractivity (Wildman–Crippen MR) is 48.5 cm³/mol. The second-order valence-corrected chi connectivity index (χ2v) is 3.51. The third-order valence-electron chi connectivity index (χ3n) is 2.37. The van der Waals surface area contributed by atoms with Crippen LogP contribution in [0.3, 0.4) is 0 Å². The molecule has 2 unspecified atom stereocenters. The third-order valence-corrected chi connectivity index (χ3v) is 2.37. The summed E-state index contributed by atoms with van der Waals surface area (Å²) in [6.07, 6.45) is 3.24. The average molecular weight is 179 g/mol. The number of aromatic nitrogens is 1. The number of aryl methyl sites for hydroxylation is 1. The van der Waals surface area contributed by atoms with Gasteiger partial charge in [-0.1, -0.05) is 6.07 Å². The molecule has 3 heteroatoms. The maximum absolute atomic E-state index is 9.58. The molecule has 13 heavy (non-hydrogen) atoms. The molecule has 1 aliphatic heterocycles. The first-order valence-corrected chi connectivity index (χ1v) is 4.45. The van der Waals surface area contributed by atoms with Crippen LogP contribution in [0.1, 0.15) is 17.0 Å². The van der Waals surface area contributed by atoms with Crippen molar-refractivity contribution in [2.75, 3.05) is 13.2 Å². The lowest BCUT2D eigenvalue weighted by atomic mass is 9.97. The van der Waals surface area contributed by atoms with Gasteiger partial charge in [-0.05, 0) is 18.1 Å². The Bertz CT molecular complexity index is 301. The maximum atomic E-state index is 9.58. The number of hydrogen-bond donors (Lipinski definition) is 1. The van der Waals surface area contributed by atoms with Gasteiger partial charge in [-0.25, -0.2) is 0 Å². The Hall–Kier alpha value is -0.930. The highest BCUT2D eigenvalue weighted by Gasteiger charge is 2.27. The molecule has 1 N–H and O–H groups in total. The summed E-state index contributed by atoms with van der Waals surface area (Å²) in [5, 5.41) is 9.58. The summed E-state index contributed by atoms with van der Waals surface area (Å²) in [4.78, 5) is 4.10. The lowest BCUT2D eigenvalue weighted by Gasteiger charge is -2.12. The number of aliphatic hydroxyl groups excluding tert-OH is 1. The first kappa shape index (κ1) is 8.66. The zero-order chi connectivity index (χ0) is 9.26. The highest BCUT2D eigenvalue weighted by Crippen LogP contribution is 2.25. The topological polar surface area (TPSA) is 42.4 Å². The first-order chi connectivity index (χ1) is 6.27. The molecule has 0 aromatic carbocycles. The number of rotatable bonds is 1. The van der Waals surface area contributed by atoms with E-state index in [9.17, 15) is 5.11 Å². The number of hydrogen-bond acceptors (Lipinski definition) is 3. The van der Waals surface area contributed by atoms with E-state index in [0.717, 1.165) is 11.1 Å². The van der Waals surface area contributed by atoms with Gasteiger partial charge in [0.15, 0.2) is 0 Å². The van der Waals surface area contributed by atoms with Gasteiger partial charge < -0.3 is 9.84 Å². The van der Waals surface area contributed by atoms with Crippen LogP contribution < -0.4 is 0 Å². The molecule has 0 bridgehead atoms. The van der Waals surface area contributed by atoms with Crippen molar-refractivity contribution >= 4 is 0 Å². The van der Waals surface area contributed by atoms with E-state index >= 15 is 0 Å². The summed E-state index contributed by atoms with van der Waals surface area (Å²) in [5.41, 5.74) is 2.20. The molecule has 0 aliphatic carbocycles. The second kappa shape index (κ2) is 3.44. The maximum Gasteiger partial charge on any atom is 0.0864 e. The molecule has 1 aromatic rings. The molecule has 2 rings (SSSR count). The van der Waals surface area contributed by atoms with Crippen LogP contribution in [0.5, 0.6) is 0 Å². The Balaban J connectivity index is 2.24. The fraction of sp³-hybridized carbons (Fsp3) is 0.500. The lowest BCUT2D eigenvalue weighted by Crippen LogP contribution is -2.15. The minimum atomic E-state index is -0.372. The standard InChI is InChI=1S/C10H13NO2/c1-7-2-8(4-11-3-7)9-5-13-6-10(9)12/h2-4,9-10,12H,5-6H2,1H3. The van der Waals surface area contributed by atoms with Crippen LogP contribution in [-0.4, -0.2) is 29.4 Å². The minimum Gasteiger partial charge on any atom is -0.390 e. The van der Waals surface area contributed by atoms with Crippen LogP contribution >= 0.6 is 0 Å². The van der Waals surface area contributed by atoms with E-state index in [1.165, 1.54) is 0 Å². The Morgan fingerprint density at radius 1 is 1.46 bits per heavy atom. The molecule has 3 nitrogen and oxygen atoms in total. The largest absolute Gasteiger partial charge is 0.390 e. The van der Waals surface area contributed by atoms with E-state index in [-0.39, 0.29) is 12.0 Å². The van der Waals surface area contributed by atoms with Crippen molar-refractivity contribution in [3.8, 4) is 0 Å². The first-order valence-electron chi connectivity index (χ1n) is 4.45. The van der Waals surface area contributed by atoms with Crippen molar-refractivity contribution in [2.45, 2.75) is 18.9 Å². The van der Waals surface area contributed by atoms with Gasteiger partial charge in [0, 0.05) is 18.3 Å². The number of aliphatic hydroxyl groups is 1. The lowest BCUT2D eigenvalue weighted by molar-refractivity contribution is 0.124. The number of ether oxygens (including phenoxy) is 1. The number of nitrogens with zero attached hydrogens (tertiary/aromatic N) is 1. The molecular formula is C10H13NO2. The van der Waals surface area contributed by atoms with Crippen LogP contribution in [0.2, 0.25) is 0 Å². The zero-order valence-electron chi connectivity index (χ0n) is 7.60. The predicted octanol–water partition coefficient (Wildman–Crippen LogP) is 0.865. The van der Waals surface area contributed by atoms with Gasteiger partial charge in [-0.2, -0.15) is 0 Å². The Labute approximate surface area is 77.4 Å². The molecule has 70 valence electrons. The fourth-order valence-electron chi connectivity index (χ4n) is 1.64. The van der Waals surface area contributed by atoms with Crippen molar-refractivity contribution in [2.24, 2.45) is 0 Å². The van der Waals surface area contributed by atoms with Crippen LogP contribution in [0.4, 0.5) is 0 Å². The van der Waals surface area contributed by atoms with Crippen LogP contribution in [-0.2, 0) is 4.74 Å². The van der Waals surface area contributed by atoms with Crippen molar-refractivity contribution in [1.82, 2.24) is 4.98 Å². The highest BCUT2D eigenvalue weighted by atomic mass is 16.5. The summed E-state index contributed by atoms with van der Waals surface area (Å²) < 4.78 is 5.19. The Kier molecular flexibility index (Phi) is 2.29. The molecule has 0 amide bonds. The Morgan fingerprint density at radius 2 is 2.31 bits per heavy atom. The SMILES string of the molecule is Cc1cncc(C2COCC2O)c1. The van der Waals surface area contributed by atoms with Crippen LogP contribution in [0.15, 0.2) is 18.5 Å². The van der Waals surface area contributed by atoms with E-state index in [1.807, 2.05) is 13.1 Å². The highest BCUT2D eigenvalue weighted by molar-refractivity contribution is 5.22.